The second-order valence-corrected chi connectivity index (χ2v) is 6.78. The van der Waals surface area contributed by atoms with Crippen LogP contribution in [-0.2, 0) is 6.54 Å². The minimum Gasteiger partial charge on any atom is -0.347 e. The smallest absolute Gasteiger partial charge is 0.261 e. The van der Waals surface area contributed by atoms with Crippen molar-refractivity contribution >= 4 is 27.3 Å². The summed E-state index contributed by atoms with van der Waals surface area (Å²) in [6, 6.07) is 14.1. The number of pyridine rings is 1. The average Bonchev–Trinajstić information content (AvgIpc) is 3.31. The molecule has 22 heavy (non-hydrogen) atoms. The molecule has 0 bridgehead atoms. The zero-order valence-electron chi connectivity index (χ0n) is 12.1. The van der Waals surface area contributed by atoms with Gasteiger partial charge in [-0.05, 0) is 42.0 Å². The molecule has 3 nitrogen and oxygen atoms in total. The largest absolute Gasteiger partial charge is 0.347 e. The van der Waals surface area contributed by atoms with Gasteiger partial charge in [0.05, 0.1) is 4.88 Å². The minimum absolute atomic E-state index is 0.0209. The number of amides is 1. The zero-order chi connectivity index (χ0) is 14.9. The molecule has 1 aliphatic carbocycles. The summed E-state index contributed by atoms with van der Waals surface area (Å²) in [5.41, 5.74) is 2.22. The Labute approximate surface area is 133 Å². The summed E-state index contributed by atoms with van der Waals surface area (Å²) in [6.07, 6.45) is 4.39. The molecule has 0 spiro atoms. The van der Waals surface area contributed by atoms with E-state index in [9.17, 15) is 4.79 Å². The first-order valence-corrected chi connectivity index (χ1v) is 8.33. The minimum atomic E-state index is -0.0209. The SMILES string of the molecule is O=C(NCc1ccc(C2CC2)nc1)c1cc2ccccc2s1. The first-order chi connectivity index (χ1) is 10.8. The summed E-state index contributed by atoms with van der Waals surface area (Å²) in [7, 11) is 0. The molecule has 0 radical (unpaired) electrons. The van der Waals surface area contributed by atoms with Gasteiger partial charge in [0.1, 0.15) is 0 Å². The van der Waals surface area contributed by atoms with Crippen LogP contribution < -0.4 is 5.32 Å². The van der Waals surface area contributed by atoms with Crippen LogP contribution in [0.5, 0.6) is 0 Å². The summed E-state index contributed by atoms with van der Waals surface area (Å²) in [6.45, 7) is 0.519. The number of hydrogen-bond acceptors (Lipinski definition) is 3. The standard InChI is InChI=1S/C18H16N2OS/c21-18(17-9-14-3-1-2-4-16(14)22-17)20-11-12-5-8-15(19-10-12)13-6-7-13/h1-5,8-10,13H,6-7,11H2,(H,20,21). The van der Waals surface area contributed by atoms with Gasteiger partial charge in [0, 0.05) is 29.1 Å². The molecule has 1 saturated carbocycles. The number of rotatable bonds is 4. The van der Waals surface area contributed by atoms with Crippen molar-refractivity contribution in [2.45, 2.75) is 25.3 Å². The Hall–Kier alpha value is -2.20. The number of carbonyl (C=O) groups is 1. The van der Waals surface area contributed by atoms with Crippen LogP contribution in [0.4, 0.5) is 0 Å². The molecule has 1 fully saturated rings. The first-order valence-electron chi connectivity index (χ1n) is 7.51. The van der Waals surface area contributed by atoms with Gasteiger partial charge < -0.3 is 5.32 Å². The van der Waals surface area contributed by atoms with Crippen LogP contribution in [0.3, 0.4) is 0 Å². The molecule has 110 valence electrons. The molecule has 4 rings (SSSR count). The number of nitrogens with zero attached hydrogens (tertiary/aromatic N) is 1. The number of aromatic nitrogens is 1. The molecular weight excluding hydrogens is 292 g/mol. The van der Waals surface area contributed by atoms with Gasteiger partial charge in [-0.2, -0.15) is 0 Å². The van der Waals surface area contributed by atoms with Gasteiger partial charge in [-0.15, -0.1) is 11.3 Å². The van der Waals surface area contributed by atoms with Crippen molar-refractivity contribution in [3.8, 4) is 0 Å². The van der Waals surface area contributed by atoms with Crippen LogP contribution in [-0.4, -0.2) is 10.9 Å². The molecular formula is C18H16N2OS. The van der Waals surface area contributed by atoms with Crippen molar-refractivity contribution in [1.82, 2.24) is 10.3 Å². The number of hydrogen-bond donors (Lipinski definition) is 1. The van der Waals surface area contributed by atoms with E-state index in [1.54, 1.807) is 0 Å². The lowest BCUT2D eigenvalue weighted by Gasteiger charge is -2.04. The molecule has 2 aromatic heterocycles. The van der Waals surface area contributed by atoms with Gasteiger partial charge in [-0.3, -0.25) is 9.78 Å². The summed E-state index contributed by atoms with van der Waals surface area (Å²) < 4.78 is 1.14. The van der Waals surface area contributed by atoms with Crippen molar-refractivity contribution < 1.29 is 4.79 Å². The fourth-order valence-corrected chi connectivity index (χ4v) is 3.50. The lowest BCUT2D eigenvalue weighted by atomic mass is 10.2. The highest BCUT2D eigenvalue weighted by atomic mass is 32.1. The van der Waals surface area contributed by atoms with E-state index in [4.69, 9.17) is 0 Å². The molecule has 0 aliphatic heterocycles. The highest BCUT2D eigenvalue weighted by molar-refractivity contribution is 7.20. The first kappa shape index (κ1) is 13.5. The third-order valence-electron chi connectivity index (χ3n) is 3.95. The fourth-order valence-electron chi connectivity index (χ4n) is 2.52. The molecule has 1 aromatic carbocycles. The third-order valence-corrected chi connectivity index (χ3v) is 5.06. The summed E-state index contributed by atoms with van der Waals surface area (Å²) in [4.78, 5) is 17.5. The third kappa shape index (κ3) is 2.74. The quantitative estimate of drug-likeness (QED) is 0.788. The monoisotopic (exact) mass is 308 g/mol. The predicted molar refractivity (Wildman–Crippen MR) is 89.2 cm³/mol. The normalized spacial score (nSPS) is 14.2. The number of nitrogens with one attached hydrogen (secondary N) is 1. The van der Waals surface area contributed by atoms with Gasteiger partial charge in [-0.25, -0.2) is 0 Å². The van der Waals surface area contributed by atoms with Crippen molar-refractivity contribution in [2.24, 2.45) is 0 Å². The zero-order valence-corrected chi connectivity index (χ0v) is 12.9. The Balaban J connectivity index is 1.42. The average molecular weight is 308 g/mol. The molecule has 4 heteroatoms. The van der Waals surface area contributed by atoms with Crippen LogP contribution in [0.1, 0.15) is 39.7 Å². The lowest BCUT2D eigenvalue weighted by Crippen LogP contribution is -2.21. The molecule has 2 heterocycles. The molecule has 1 aliphatic rings. The highest BCUT2D eigenvalue weighted by Gasteiger charge is 2.24. The van der Waals surface area contributed by atoms with E-state index in [0.717, 1.165) is 20.5 Å². The van der Waals surface area contributed by atoms with Crippen LogP contribution in [0.2, 0.25) is 0 Å². The second kappa shape index (κ2) is 5.54. The number of thiophene rings is 1. The Morgan fingerprint density at radius 1 is 1.23 bits per heavy atom. The predicted octanol–water partition coefficient (Wildman–Crippen LogP) is 4.10. The van der Waals surface area contributed by atoms with E-state index in [0.29, 0.717) is 12.5 Å². The summed E-state index contributed by atoms with van der Waals surface area (Å²) >= 11 is 1.53. The van der Waals surface area contributed by atoms with Gasteiger partial charge in [0.15, 0.2) is 0 Å². The highest BCUT2D eigenvalue weighted by Crippen LogP contribution is 2.38. The Morgan fingerprint density at radius 2 is 2.09 bits per heavy atom. The molecule has 1 amide bonds. The van der Waals surface area contributed by atoms with Crippen LogP contribution in [0.25, 0.3) is 10.1 Å². The maximum Gasteiger partial charge on any atom is 0.261 e. The van der Waals surface area contributed by atoms with Gasteiger partial charge >= 0.3 is 0 Å². The molecule has 0 unspecified atom stereocenters. The van der Waals surface area contributed by atoms with Crippen molar-refractivity contribution in [3.05, 3.63) is 64.8 Å². The van der Waals surface area contributed by atoms with Crippen LogP contribution in [0.15, 0.2) is 48.7 Å². The molecule has 0 saturated heterocycles. The maximum atomic E-state index is 12.3. The Morgan fingerprint density at radius 3 is 2.82 bits per heavy atom. The Kier molecular flexibility index (Phi) is 3.39. The Bertz CT molecular complexity index is 785. The topological polar surface area (TPSA) is 42.0 Å². The maximum absolute atomic E-state index is 12.3. The summed E-state index contributed by atoms with van der Waals surface area (Å²) in [5, 5.41) is 4.09. The van der Waals surface area contributed by atoms with E-state index in [-0.39, 0.29) is 5.91 Å². The molecule has 0 atom stereocenters. The van der Waals surface area contributed by atoms with E-state index in [1.165, 1.54) is 29.9 Å². The van der Waals surface area contributed by atoms with Gasteiger partial charge in [0.25, 0.3) is 5.91 Å². The molecule has 3 aromatic rings. The van der Waals surface area contributed by atoms with E-state index in [2.05, 4.69) is 22.4 Å². The van der Waals surface area contributed by atoms with Gasteiger partial charge in [0.2, 0.25) is 0 Å². The van der Waals surface area contributed by atoms with Crippen molar-refractivity contribution in [1.29, 1.82) is 0 Å². The number of benzene rings is 1. The number of carbonyl (C=O) groups excluding carboxylic acids is 1. The van der Waals surface area contributed by atoms with E-state index >= 15 is 0 Å². The fraction of sp³-hybridized carbons (Fsp3) is 0.222. The molecule has 1 N–H and O–H groups in total. The van der Waals surface area contributed by atoms with Crippen molar-refractivity contribution in [3.63, 3.8) is 0 Å². The van der Waals surface area contributed by atoms with Crippen LogP contribution >= 0.6 is 11.3 Å². The van der Waals surface area contributed by atoms with E-state index in [1.807, 2.05) is 36.5 Å². The van der Waals surface area contributed by atoms with Crippen LogP contribution in [0, 0.1) is 0 Å². The number of fused-ring (bicyclic) bond motifs is 1. The van der Waals surface area contributed by atoms with E-state index < -0.39 is 0 Å². The lowest BCUT2D eigenvalue weighted by molar-refractivity contribution is 0.0955. The summed E-state index contributed by atoms with van der Waals surface area (Å²) in [5.74, 6) is 0.648. The van der Waals surface area contributed by atoms with Crippen molar-refractivity contribution in [2.75, 3.05) is 0 Å². The second-order valence-electron chi connectivity index (χ2n) is 5.70. The van der Waals surface area contributed by atoms with Gasteiger partial charge in [-0.1, -0.05) is 24.3 Å².